The van der Waals surface area contributed by atoms with Gasteiger partial charge in [-0.3, -0.25) is 0 Å². The van der Waals surface area contributed by atoms with Crippen molar-refractivity contribution in [2.45, 2.75) is 19.4 Å². The molecule has 0 fully saturated rings. The molecular weight excluding hydrogens is 194 g/mol. The highest BCUT2D eigenvalue weighted by Crippen LogP contribution is 2.11. The number of benzene rings is 1. The Hall–Kier alpha value is -0.930. The molecule has 2 N–H and O–H groups in total. The number of thiocarbonyl (C=S) groups is 1. The fourth-order valence-electron chi connectivity index (χ4n) is 1.37. The van der Waals surface area contributed by atoms with E-state index >= 15 is 0 Å². The van der Waals surface area contributed by atoms with E-state index in [1.165, 1.54) is 0 Å². The van der Waals surface area contributed by atoms with Gasteiger partial charge in [0.05, 0.1) is 6.10 Å². The second kappa shape index (κ2) is 5.08. The summed E-state index contributed by atoms with van der Waals surface area (Å²) in [7, 11) is 1.81. The highest BCUT2D eigenvalue weighted by atomic mass is 32.1. The number of rotatable bonds is 3. The van der Waals surface area contributed by atoms with Crippen LogP contribution in [0.25, 0.3) is 0 Å². The Morgan fingerprint density at radius 3 is 2.71 bits per heavy atom. The molecule has 0 aliphatic carbocycles. The molecule has 3 heteroatoms. The third-order valence-corrected chi connectivity index (χ3v) is 2.43. The summed E-state index contributed by atoms with van der Waals surface area (Å²) in [6.45, 7) is 1.78. The monoisotopic (exact) mass is 209 g/mol. The van der Waals surface area contributed by atoms with Gasteiger partial charge in [0, 0.05) is 12.6 Å². The van der Waals surface area contributed by atoms with E-state index in [4.69, 9.17) is 12.2 Å². The zero-order valence-electron chi connectivity index (χ0n) is 8.45. The third kappa shape index (κ3) is 2.79. The van der Waals surface area contributed by atoms with Crippen LogP contribution in [0.2, 0.25) is 0 Å². The van der Waals surface area contributed by atoms with Crippen molar-refractivity contribution in [1.29, 1.82) is 0 Å². The Balaban J connectivity index is 2.97. The lowest BCUT2D eigenvalue weighted by Crippen LogP contribution is -2.19. The molecule has 14 heavy (non-hydrogen) atoms. The summed E-state index contributed by atoms with van der Waals surface area (Å²) in [5.74, 6) is 0. The predicted octanol–water partition coefficient (Wildman–Crippen LogP) is 1.50. The van der Waals surface area contributed by atoms with Gasteiger partial charge in [-0.05, 0) is 18.9 Å². The molecule has 0 saturated heterocycles. The summed E-state index contributed by atoms with van der Waals surface area (Å²) in [5, 5.41) is 12.3. The molecule has 2 nitrogen and oxygen atoms in total. The maximum Gasteiger partial charge on any atom is 0.106 e. The lowest BCUT2D eigenvalue weighted by Gasteiger charge is -2.11. The van der Waals surface area contributed by atoms with E-state index in [-0.39, 0.29) is 6.10 Å². The first-order chi connectivity index (χ1) is 6.65. The van der Waals surface area contributed by atoms with Gasteiger partial charge in [-0.2, -0.15) is 0 Å². The number of hydrogen-bond donors (Lipinski definition) is 2. The van der Waals surface area contributed by atoms with E-state index in [2.05, 4.69) is 5.32 Å². The molecule has 0 bridgehead atoms. The molecule has 0 saturated carbocycles. The summed E-state index contributed by atoms with van der Waals surface area (Å²) < 4.78 is 0. The molecule has 1 aromatic rings. The molecule has 0 heterocycles. The molecule has 0 spiro atoms. The van der Waals surface area contributed by atoms with Crippen molar-refractivity contribution in [3.8, 4) is 0 Å². The normalized spacial score (nSPS) is 12.2. The minimum atomic E-state index is -0.337. The van der Waals surface area contributed by atoms with Crippen LogP contribution < -0.4 is 5.32 Å². The summed E-state index contributed by atoms with van der Waals surface area (Å²) in [6, 6.07) is 7.87. The Labute approximate surface area is 90.0 Å². The van der Waals surface area contributed by atoms with Crippen molar-refractivity contribution < 1.29 is 5.11 Å². The smallest absolute Gasteiger partial charge is 0.106 e. The van der Waals surface area contributed by atoms with Gasteiger partial charge < -0.3 is 10.4 Å². The quantitative estimate of drug-likeness (QED) is 0.740. The maximum atomic E-state index is 9.32. The summed E-state index contributed by atoms with van der Waals surface area (Å²) >= 11 is 5.17. The number of nitrogens with one attached hydrogen (secondary N) is 1. The van der Waals surface area contributed by atoms with E-state index in [1.807, 2.05) is 31.3 Å². The number of hydrogen-bond acceptors (Lipinski definition) is 2. The van der Waals surface area contributed by atoms with Gasteiger partial charge in [0.2, 0.25) is 0 Å². The first-order valence-corrected chi connectivity index (χ1v) is 5.04. The number of aliphatic hydroxyl groups is 1. The molecule has 0 radical (unpaired) electrons. The topological polar surface area (TPSA) is 32.3 Å². The van der Waals surface area contributed by atoms with Gasteiger partial charge in [-0.25, -0.2) is 0 Å². The van der Waals surface area contributed by atoms with Crippen LogP contribution in [0.15, 0.2) is 24.3 Å². The Morgan fingerprint density at radius 1 is 1.50 bits per heavy atom. The van der Waals surface area contributed by atoms with Crippen LogP contribution in [0.4, 0.5) is 0 Å². The van der Waals surface area contributed by atoms with Gasteiger partial charge >= 0.3 is 0 Å². The second-order valence-corrected chi connectivity index (χ2v) is 3.70. The molecule has 1 atom stereocenters. The fraction of sp³-hybridized carbons (Fsp3) is 0.364. The van der Waals surface area contributed by atoms with Crippen LogP contribution >= 0.6 is 12.2 Å². The van der Waals surface area contributed by atoms with Gasteiger partial charge in [-0.15, -0.1) is 0 Å². The largest absolute Gasteiger partial charge is 0.393 e. The van der Waals surface area contributed by atoms with E-state index in [1.54, 1.807) is 6.92 Å². The van der Waals surface area contributed by atoms with Crippen LogP contribution in [-0.2, 0) is 6.42 Å². The van der Waals surface area contributed by atoms with Crippen molar-refractivity contribution >= 4 is 17.2 Å². The molecule has 1 rings (SSSR count). The van der Waals surface area contributed by atoms with Crippen molar-refractivity contribution in [3.05, 3.63) is 35.4 Å². The summed E-state index contributed by atoms with van der Waals surface area (Å²) in [4.78, 5) is 0.723. The van der Waals surface area contributed by atoms with E-state index in [0.717, 1.165) is 16.1 Å². The lowest BCUT2D eigenvalue weighted by molar-refractivity contribution is 0.195. The molecular formula is C11H15NOS. The van der Waals surface area contributed by atoms with Crippen LogP contribution in [-0.4, -0.2) is 23.2 Å². The maximum absolute atomic E-state index is 9.32. The van der Waals surface area contributed by atoms with Crippen molar-refractivity contribution in [2.75, 3.05) is 7.05 Å². The SMILES string of the molecule is CNC(=S)c1ccccc1CC(C)O. The average Bonchev–Trinajstić information content (AvgIpc) is 2.16. The minimum Gasteiger partial charge on any atom is -0.393 e. The van der Waals surface area contributed by atoms with Gasteiger partial charge in [0.15, 0.2) is 0 Å². The van der Waals surface area contributed by atoms with Gasteiger partial charge in [-0.1, -0.05) is 36.5 Å². The zero-order chi connectivity index (χ0) is 10.6. The first kappa shape index (κ1) is 11.1. The standard InChI is InChI=1S/C11H15NOS/c1-8(13)7-9-5-3-4-6-10(9)11(14)12-2/h3-6,8,13H,7H2,1-2H3,(H,12,14). The predicted molar refractivity (Wildman–Crippen MR) is 62.6 cm³/mol. The van der Waals surface area contributed by atoms with Gasteiger partial charge in [0.25, 0.3) is 0 Å². The van der Waals surface area contributed by atoms with Crippen molar-refractivity contribution in [1.82, 2.24) is 5.32 Å². The van der Waals surface area contributed by atoms with Crippen LogP contribution in [0, 0.1) is 0 Å². The molecule has 1 aromatic carbocycles. The van der Waals surface area contributed by atoms with Crippen molar-refractivity contribution in [2.24, 2.45) is 0 Å². The van der Waals surface area contributed by atoms with E-state index in [0.29, 0.717) is 6.42 Å². The summed E-state index contributed by atoms with van der Waals surface area (Å²) in [5.41, 5.74) is 2.09. The molecule has 76 valence electrons. The Morgan fingerprint density at radius 2 is 2.14 bits per heavy atom. The van der Waals surface area contributed by atoms with Crippen molar-refractivity contribution in [3.63, 3.8) is 0 Å². The van der Waals surface area contributed by atoms with E-state index in [9.17, 15) is 5.11 Å². The highest BCUT2D eigenvalue weighted by Gasteiger charge is 2.07. The lowest BCUT2D eigenvalue weighted by atomic mass is 10.0. The molecule has 0 aromatic heterocycles. The Kier molecular flexibility index (Phi) is 4.04. The molecule has 0 aliphatic heterocycles. The van der Waals surface area contributed by atoms with E-state index < -0.39 is 0 Å². The molecule has 0 amide bonds. The molecule has 1 unspecified atom stereocenters. The minimum absolute atomic E-state index is 0.337. The number of aliphatic hydroxyl groups excluding tert-OH is 1. The van der Waals surface area contributed by atoms with Crippen LogP contribution in [0.1, 0.15) is 18.1 Å². The van der Waals surface area contributed by atoms with Crippen LogP contribution in [0.3, 0.4) is 0 Å². The Bertz CT molecular complexity index is 323. The second-order valence-electron chi connectivity index (χ2n) is 3.29. The fourth-order valence-corrected chi connectivity index (χ4v) is 1.57. The third-order valence-electron chi connectivity index (χ3n) is 2.00. The average molecular weight is 209 g/mol. The first-order valence-electron chi connectivity index (χ1n) is 4.63. The highest BCUT2D eigenvalue weighted by molar-refractivity contribution is 7.80. The van der Waals surface area contributed by atoms with Gasteiger partial charge in [0.1, 0.15) is 4.99 Å². The zero-order valence-corrected chi connectivity index (χ0v) is 9.27. The van der Waals surface area contributed by atoms with Crippen LogP contribution in [0.5, 0.6) is 0 Å². The molecule has 0 aliphatic rings. The summed E-state index contributed by atoms with van der Waals surface area (Å²) in [6.07, 6.45) is 0.300.